The second-order valence-corrected chi connectivity index (χ2v) is 7.54. The van der Waals surface area contributed by atoms with Crippen LogP contribution in [0, 0.1) is 19.8 Å². The Hall–Kier alpha value is -1.81. The molecule has 0 spiro atoms. The predicted molar refractivity (Wildman–Crippen MR) is 101 cm³/mol. The lowest BCUT2D eigenvalue weighted by molar-refractivity contribution is 0.0909. The third-order valence-electron chi connectivity index (χ3n) is 5.31. The first-order valence-corrected chi connectivity index (χ1v) is 9.43. The highest BCUT2D eigenvalue weighted by atomic mass is 35.5. The van der Waals surface area contributed by atoms with Crippen LogP contribution in [0.2, 0.25) is 5.02 Å². The van der Waals surface area contributed by atoms with Crippen molar-refractivity contribution in [3.8, 4) is 0 Å². The lowest BCUT2D eigenvalue weighted by Crippen LogP contribution is -2.41. The molecule has 1 aliphatic carbocycles. The van der Waals surface area contributed by atoms with Crippen LogP contribution >= 0.6 is 11.6 Å². The van der Waals surface area contributed by atoms with E-state index in [1.54, 1.807) is 0 Å². The monoisotopic (exact) mass is 359 g/mol. The quantitative estimate of drug-likeness (QED) is 0.872. The Labute approximate surface area is 154 Å². The zero-order valence-electron chi connectivity index (χ0n) is 15.2. The van der Waals surface area contributed by atoms with Gasteiger partial charge in [0.15, 0.2) is 0 Å². The molecule has 25 heavy (non-hydrogen) atoms. The summed E-state index contributed by atoms with van der Waals surface area (Å²) in [6, 6.07) is 8.01. The Kier molecular flexibility index (Phi) is 5.48. The number of hydrogen-bond acceptors (Lipinski definition) is 2. The Morgan fingerprint density at radius 2 is 2.00 bits per heavy atom. The van der Waals surface area contributed by atoms with Crippen molar-refractivity contribution >= 4 is 17.5 Å². The first-order valence-electron chi connectivity index (χ1n) is 9.05. The van der Waals surface area contributed by atoms with Gasteiger partial charge < -0.3 is 5.32 Å². The molecule has 1 amide bonds. The van der Waals surface area contributed by atoms with Crippen molar-refractivity contribution < 1.29 is 4.79 Å². The Morgan fingerprint density at radius 3 is 2.72 bits per heavy atom. The summed E-state index contributed by atoms with van der Waals surface area (Å²) in [5.74, 6) is 0.538. The molecule has 2 unspecified atom stereocenters. The number of aryl methyl sites for hydroxylation is 1. The van der Waals surface area contributed by atoms with E-state index in [1.807, 2.05) is 42.8 Å². The second kappa shape index (κ2) is 7.61. The van der Waals surface area contributed by atoms with Crippen molar-refractivity contribution in [1.82, 2.24) is 15.1 Å². The molecule has 1 aromatic carbocycles. The van der Waals surface area contributed by atoms with Gasteiger partial charge in [0.25, 0.3) is 5.91 Å². The van der Waals surface area contributed by atoms with Gasteiger partial charge in [0.1, 0.15) is 0 Å². The van der Waals surface area contributed by atoms with E-state index < -0.39 is 0 Å². The fourth-order valence-electron chi connectivity index (χ4n) is 3.74. The predicted octanol–water partition coefficient (Wildman–Crippen LogP) is 4.51. The summed E-state index contributed by atoms with van der Waals surface area (Å²) in [5.41, 5.74) is 3.36. The fraction of sp³-hybridized carbons (Fsp3) is 0.500. The number of carbonyl (C=O) groups excluding carboxylic acids is 1. The molecule has 0 radical (unpaired) electrons. The van der Waals surface area contributed by atoms with Crippen molar-refractivity contribution in [3.05, 3.63) is 51.8 Å². The average molecular weight is 360 g/mol. The van der Waals surface area contributed by atoms with Crippen LogP contribution in [0.5, 0.6) is 0 Å². The SMILES string of the molecule is Cc1nn(Cc2ccccc2Cl)c(C)c1C(=O)NC1CCCCC1C. The van der Waals surface area contributed by atoms with E-state index in [0.29, 0.717) is 18.0 Å². The van der Waals surface area contributed by atoms with Gasteiger partial charge in [-0.05, 0) is 44.2 Å². The molecular weight excluding hydrogens is 334 g/mol. The van der Waals surface area contributed by atoms with E-state index in [1.165, 1.54) is 19.3 Å². The normalized spacial score (nSPS) is 20.5. The van der Waals surface area contributed by atoms with E-state index in [4.69, 9.17) is 11.6 Å². The Bertz CT molecular complexity index is 768. The molecule has 0 aliphatic heterocycles. The van der Waals surface area contributed by atoms with Crippen LogP contribution in [0.15, 0.2) is 24.3 Å². The zero-order valence-corrected chi connectivity index (χ0v) is 15.9. The molecule has 1 N–H and O–H groups in total. The highest BCUT2D eigenvalue weighted by Crippen LogP contribution is 2.25. The number of carbonyl (C=O) groups is 1. The van der Waals surface area contributed by atoms with Crippen LogP contribution in [-0.2, 0) is 6.54 Å². The standard InChI is InChI=1S/C20H26ClN3O/c1-13-8-4-7-11-18(13)22-20(25)19-14(2)23-24(15(19)3)12-16-9-5-6-10-17(16)21/h5-6,9-10,13,18H,4,7-8,11-12H2,1-3H3,(H,22,25). The van der Waals surface area contributed by atoms with Crippen LogP contribution in [0.3, 0.4) is 0 Å². The van der Waals surface area contributed by atoms with Crippen LogP contribution in [-0.4, -0.2) is 21.7 Å². The second-order valence-electron chi connectivity index (χ2n) is 7.14. The minimum Gasteiger partial charge on any atom is -0.349 e. The van der Waals surface area contributed by atoms with E-state index >= 15 is 0 Å². The van der Waals surface area contributed by atoms with Gasteiger partial charge in [-0.1, -0.05) is 49.6 Å². The number of amides is 1. The molecule has 1 saturated carbocycles. The Balaban J connectivity index is 1.79. The number of aromatic nitrogens is 2. The lowest BCUT2D eigenvalue weighted by Gasteiger charge is -2.29. The molecule has 0 bridgehead atoms. The van der Waals surface area contributed by atoms with E-state index in [2.05, 4.69) is 17.3 Å². The Morgan fingerprint density at radius 1 is 1.28 bits per heavy atom. The first-order chi connectivity index (χ1) is 12.0. The average Bonchev–Trinajstić information content (AvgIpc) is 2.86. The maximum absolute atomic E-state index is 12.8. The topological polar surface area (TPSA) is 46.9 Å². The number of benzene rings is 1. The third kappa shape index (κ3) is 3.90. The van der Waals surface area contributed by atoms with Crippen LogP contribution < -0.4 is 5.32 Å². The molecule has 1 fully saturated rings. The zero-order chi connectivity index (χ0) is 18.0. The van der Waals surface area contributed by atoms with Gasteiger partial charge >= 0.3 is 0 Å². The summed E-state index contributed by atoms with van der Waals surface area (Å²) >= 11 is 6.26. The lowest BCUT2D eigenvalue weighted by atomic mass is 9.86. The summed E-state index contributed by atoms with van der Waals surface area (Å²) < 4.78 is 1.87. The molecule has 2 atom stereocenters. The number of hydrogen-bond donors (Lipinski definition) is 1. The van der Waals surface area contributed by atoms with Gasteiger partial charge in [0.05, 0.1) is 17.8 Å². The molecule has 0 saturated heterocycles. The van der Waals surface area contributed by atoms with Crippen molar-refractivity contribution in [2.75, 3.05) is 0 Å². The number of halogens is 1. The molecule has 5 heteroatoms. The van der Waals surface area contributed by atoms with Gasteiger partial charge in [-0.2, -0.15) is 5.10 Å². The van der Waals surface area contributed by atoms with E-state index in [0.717, 1.165) is 28.4 Å². The highest BCUT2D eigenvalue weighted by Gasteiger charge is 2.26. The summed E-state index contributed by atoms with van der Waals surface area (Å²) in [4.78, 5) is 12.8. The maximum Gasteiger partial charge on any atom is 0.255 e. The van der Waals surface area contributed by atoms with Gasteiger partial charge in [0.2, 0.25) is 0 Å². The molecule has 1 heterocycles. The van der Waals surface area contributed by atoms with Crippen molar-refractivity contribution in [2.45, 2.75) is 59.0 Å². The van der Waals surface area contributed by atoms with Crippen molar-refractivity contribution in [1.29, 1.82) is 0 Å². The van der Waals surface area contributed by atoms with E-state index in [-0.39, 0.29) is 11.9 Å². The van der Waals surface area contributed by atoms with Gasteiger partial charge in [-0.15, -0.1) is 0 Å². The van der Waals surface area contributed by atoms with Gasteiger partial charge in [-0.25, -0.2) is 0 Å². The number of nitrogens with zero attached hydrogens (tertiary/aromatic N) is 2. The van der Waals surface area contributed by atoms with Crippen LogP contribution in [0.4, 0.5) is 0 Å². The van der Waals surface area contributed by atoms with Crippen molar-refractivity contribution in [3.63, 3.8) is 0 Å². The molecule has 2 aromatic rings. The molecule has 4 nitrogen and oxygen atoms in total. The third-order valence-corrected chi connectivity index (χ3v) is 5.68. The summed E-state index contributed by atoms with van der Waals surface area (Å²) in [6.07, 6.45) is 4.72. The van der Waals surface area contributed by atoms with E-state index in [9.17, 15) is 4.79 Å². The number of rotatable bonds is 4. The molecule has 3 rings (SSSR count). The fourth-order valence-corrected chi connectivity index (χ4v) is 3.93. The van der Waals surface area contributed by atoms with Crippen LogP contribution in [0.25, 0.3) is 0 Å². The molecule has 134 valence electrons. The maximum atomic E-state index is 12.8. The molecule has 1 aromatic heterocycles. The molecular formula is C20H26ClN3O. The molecule has 1 aliphatic rings. The minimum atomic E-state index is -0.000779. The van der Waals surface area contributed by atoms with Crippen LogP contribution in [0.1, 0.15) is 59.9 Å². The minimum absolute atomic E-state index is 0.000779. The summed E-state index contributed by atoms with van der Waals surface area (Å²) in [5, 5.41) is 8.53. The summed E-state index contributed by atoms with van der Waals surface area (Å²) in [6.45, 7) is 6.65. The van der Waals surface area contributed by atoms with Gasteiger partial charge in [-0.3, -0.25) is 9.48 Å². The smallest absolute Gasteiger partial charge is 0.255 e. The largest absolute Gasteiger partial charge is 0.349 e. The van der Waals surface area contributed by atoms with Gasteiger partial charge in [0, 0.05) is 16.8 Å². The highest BCUT2D eigenvalue weighted by molar-refractivity contribution is 6.31. The van der Waals surface area contributed by atoms with Crippen molar-refractivity contribution in [2.24, 2.45) is 5.92 Å². The first kappa shape index (κ1) is 18.0. The summed E-state index contributed by atoms with van der Waals surface area (Å²) in [7, 11) is 0. The number of nitrogens with one attached hydrogen (secondary N) is 1.